The van der Waals surface area contributed by atoms with Crippen LogP contribution >= 0.6 is 0 Å². The highest BCUT2D eigenvalue weighted by atomic mass is 19.4. The van der Waals surface area contributed by atoms with E-state index in [-0.39, 0.29) is 24.2 Å². The number of anilines is 2. The summed E-state index contributed by atoms with van der Waals surface area (Å²) in [4.78, 5) is 49.1. The van der Waals surface area contributed by atoms with E-state index in [4.69, 9.17) is 4.74 Å². The Morgan fingerprint density at radius 1 is 0.904 bits per heavy atom. The van der Waals surface area contributed by atoms with Crippen LogP contribution in [0.15, 0.2) is 116 Å². The lowest BCUT2D eigenvalue weighted by Gasteiger charge is -2.37. The normalized spacial score (nSPS) is 14.7. The topological polar surface area (TPSA) is 116 Å². The number of halogens is 3. The zero-order valence-corrected chi connectivity index (χ0v) is 28.4. The van der Waals surface area contributed by atoms with Crippen molar-refractivity contribution in [2.75, 3.05) is 30.4 Å². The highest BCUT2D eigenvalue weighted by molar-refractivity contribution is 6.08. The Morgan fingerprint density at radius 2 is 1.58 bits per heavy atom. The van der Waals surface area contributed by atoms with E-state index in [2.05, 4.69) is 25.5 Å². The molecule has 0 saturated carbocycles. The number of hydrogen-bond donors (Lipinski definition) is 3. The number of piperidine rings is 1. The minimum Gasteiger partial charge on any atom is -0.467 e. The third-order valence-electron chi connectivity index (χ3n) is 9.42. The molecule has 1 aliphatic rings. The summed E-state index contributed by atoms with van der Waals surface area (Å²) in [5.74, 6) is -1.60. The average Bonchev–Trinajstić information content (AvgIpc) is 3.68. The van der Waals surface area contributed by atoms with Gasteiger partial charge in [0.2, 0.25) is 5.91 Å². The fourth-order valence-corrected chi connectivity index (χ4v) is 6.73. The van der Waals surface area contributed by atoms with Gasteiger partial charge in [0.25, 0.3) is 5.91 Å². The second-order valence-electron chi connectivity index (χ2n) is 12.7. The molecular weight excluding hydrogens is 671 g/mol. The zero-order valence-electron chi connectivity index (χ0n) is 28.4. The number of hydrogen-bond acceptors (Lipinski definition) is 6. The second kappa shape index (κ2) is 16.0. The van der Waals surface area contributed by atoms with Crippen molar-refractivity contribution in [2.24, 2.45) is 5.92 Å². The van der Waals surface area contributed by atoms with Gasteiger partial charge in [-0.05, 0) is 77.9 Å². The monoisotopic (exact) mass is 709 g/mol. The van der Waals surface area contributed by atoms with Crippen LogP contribution in [0.4, 0.5) is 24.5 Å². The summed E-state index contributed by atoms with van der Waals surface area (Å²) in [5.41, 5.74) is 3.72. The number of carbonyl (C=O) groups is 3. The number of esters is 1. The van der Waals surface area contributed by atoms with Crippen molar-refractivity contribution < 1.29 is 32.3 Å². The molecule has 2 unspecified atom stereocenters. The van der Waals surface area contributed by atoms with Crippen LogP contribution in [-0.2, 0) is 26.9 Å². The van der Waals surface area contributed by atoms with Crippen molar-refractivity contribution in [2.45, 2.75) is 37.4 Å². The Kier molecular flexibility index (Phi) is 11.0. The van der Waals surface area contributed by atoms with Crippen LogP contribution in [0.3, 0.4) is 0 Å². The summed E-state index contributed by atoms with van der Waals surface area (Å²) >= 11 is 0. The van der Waals surface area contributed by atoms with E-state index >= 15 is 0 Å². The summed E-state index contributed by atoms with van der Waals surface area (Å²) < 4.78 is 44.2. The van der Waals surface area contributed by atoms with Gasteiger partial charge in [0.05, 0.1) is 24.9 Å². The maximum atomic E-state index is 13.9. The average molecular weight is 710 g/mol. The van der Waals surface area contributed by atoms with E-state index < -0.39 is 29.7 Å². The number of carbonyl (C=O) groups excluding carboxylic acids is 3. The van der Waals surface area contributed by atoms with E-state index in [9.17, 15) is 27.6 Å². The Hall–Kier alpha value is -5.91. The van der Waals surface area contributed by atoms with Crippen LogP contribution in [0, 0.1) is 5.92 Å². The molecule has 12 heteroatoms. The summed E-state index contributed by atoms with van der Waals surface area (Å²) in [5, 5.41) is 5.86. The molecule has 0 radical (unpaired) electrons. The highest BCUT2D eigenvalue weighted by Gasteiger charge is 2.35. The SMILES string of the molecule is COC(=O)C(Cc1cnc[nH]1)NC(=O)C(c1ccccc1)C1CCN(c2ccc(NC(=O)c3ccccc3-c3ccc(C(F)(F)F)cc3)cc2)CC1. The number of ether oxygens (including phenoxy) is 1. The van der Waals surface area contributed by atoms with E-state index in [1.807, 2.05) is 54.6 Å². The van der Waals surface area contributed by atoms with Crippen LogP contribution in [0.2, 0.25) is 0 Å². The third kappa shape index (κ3) is 8.51. The maximum Gasteiger partial charge on any atom is 0.416 e. The number of rotatable bonds is 11. The Morgan fingerprint density at radius 3 is 2.21 bits per heavy atom. The molecule has 1 fully saturated rings. The summed E-state index contributed by atoms with van der Waals surface area (Å²) in [6.45, 7) is 1.39. The Bertz CT molecular complexity index is 1960. The first kappa shape index (κ1) is 35.9. The number of nitrogens with zero attached hydrogens (tertiary/aromatic N) is 2. The molecule has 2 atom stereocenters. The van der Waals surface area contributed by atoms with Crippen LogP contribution in [0.25, 0.3) is 11.1 Å². The number of aromatic nitrogens is 2. The van der Waals surface area contributed by atoms with E-state index in [1.165, 1.54) is 25.6 Å². The molecule has 268 valence electrons. The van der Waals surface area contributed by atoms with Crippen molar-refractivity contribution in [1.82, 2.24) is 15.3 Å². The minimum absolute atomic E-state index is 0.0207. The Balaban J connectivity index is 1.10. The van der Waals surface area contributed by atoms with Crippen molar-refractivity contribution in [3.05, 3.63) is 138 Å². The molecule has 6 rings (SSSR count). The van der Waals surface area contributed by atoms with Gasteiger partial charge in [0, 0.05) is 48.3 Å². The number of nitrogens with one attached hydrogen (secondary N) is 3. The Labute approximate surface area is 299 Å². The molecule has 0 spiro atoms. The standard InChI is InChI=1S/C40H38F3N5O4/c1-52-39(51)35(23-31-24-44-25-45-31)47-38(50)36(27-7-3-2-4-8-27)28-19-21-48(22-20-28)32-17-15-30(16-18-32)46-37(49)34-10-6-5-9-33(34)26-11-13-29(14-12-26)40(41,42)43/h2-18,24-25,28,35-36H,19-23H2,1H3,(H,44,45)(H,46,49)(H,47,50). The molecule has 5 aromatic rings. The molecule has 1 aromatic heterocycles. The quantitative estimate of drug-likeness (QED) is 0.125. The lowest BCUT2D eigenvalue weighted by molar-refractivity contribution is -0.145. The molecule has 0 aliphatic carbocycles. The molecule has 2 amide bonds. The zero-order chi connectivity index (χ0) is 36.7. The lowest BCUT2D eigenvalue weighted by atomic mass is 9.79. The smallest absolute Gasteiger partial charge is 0.416 e. The first-order valence-corrected chi connectivity index (χ1v) is 16.9. The molecule has 3 N–H and O–H groups in total. The number of methoxy groups -OCH3 is 1. The number of H-pyrrole nitrogens is 1. The van der Waals surface area contributed by atoms with Gasteiger partial charge in [0.1, 0.15) is 6.04 Å². The van der Waals surface area contributed by atoms with Crippen LogP contribution in [0.1, 0.15) is 45.9 Å². The predicted octanol–water partition coefficient (Wildman–Crippen LogP) is 7.25. The summed E-state index contributed by atoms with van der Waals surface area (Å²) in [6, 6.07) is 27.7. The lowest BCUT2D eigenvalue weighted by Crippen LogP contribution is -2.47. The summed E-state index contributed by atoms with van der Waals surface area (Å²) in [7, 11) is 1.30. The third-order valence-corrected chi connectivity index (χ3v) is 9.42. The van der Waals surface area contributed by atoms with Crippen molar-refractivity contribution in [1.29, 1.82) is 0 Å². The number of imidazole rings is 1. The van der Waals surface area contributed by atoms with E-state index in [0.29, 0.717) is 41.2 Å². The highest BCUT2D eigenvalue weighted by Crippen LogP contribution is 2.36. The second-order valence-corrected chi connectivity index (χ2v) is 12.7. The van der Waals surface area contributed by atoms with Crippen LogP contribution in [-0.4, -0.2) is 54.0 Å². The van der Waals surface area contributed by atoms with Gasteiger partial charge in [0.15, 0.2) is 0 Å². The first-order chi connectivity index (χ1) is 25.1. The maximum absolute atomic E-state index is 13.9. The van der Waals surface area contributed by atoms with Gasteiger partial charge in [-0.3, -0.25) is 9.59 Å². The van der Waals surface area contributed by atoms with Gasteiger partial charge in [-0.2, -0.15) is 13.2 Å². The van der Waals surface area contributed by atoms with Crippen molar-refractivity contribution in [3.8, 4) is 11.1 Å². The van der Waals surface area contributed by atoms with Gasteiger partial charge in [-0.25, -0.2) is 9.78 Å². The van der Waals surface area contributed by atoms with Gasteiger partial charge >= 0.3 is 12.1 Å². The number of alkyl halides is 3. The number of benzene rings is 4. The van der Waals surface area contributed by atoms with Crippen LogP contribution in [0.5, 0.6) is 0 Å². The molecule has 1 saturated heterocycles. The minimum atomic E-state index is -4.45. The molecule has 1 aliphatic heterocycles. The largest absolute Gasteiger partial charge is 0.467 e. The van der Waals surface area contributed by atoms with E-state index in [0.717, 1.165) is 36.2 Å². The van der Waals surface area contributed by atoms with Gasteiger partial charge in [-0.1, -0.05) is 60.7 Å². The van der Waals surface area contributed by atoms with Crippen molar-refractivity contribution in [3.63, 3.8) is 0 Å². The van der Waals surface area contributed by atoms with Crippen LogP contribution < -0.4 is 15.5 Å². The van der Waals surface area contributed by atoms with Crippen molar-refractivity contribution >= 4 is 29.2 Å². The van der Waals surface area contributed by atoms with Gasteiger partial charge in [-0.15, -0.1) is 0 Å². The first-order valence-electron chi connectivity index (χ1n) is 16.9. The molecular formula is C40H38F3N5O4. The molecule has 4 aromatic carbocycles. The van der Waals surface area contributed by atoms with Gasteiger partial charge < -0.3 is 25.3 Å². The summed E-state index contributed by atoms with van der Waals surface area (Å²) in [6.07, 6.45) is 0.368. The number of amides is 2. The number of aromatic amines is 1. The predicted molar refractivity (Wildman–Crippen MR) is 192 cm³/mol. The fraction of sp³-hybridized carbons (Fsp3) is 0.250. The van der Waals surface area contributed by atoms with E-state index in [1.54, 1.807) is 30.5 Å². The molecule has 0 bridgehead atoms. The molecule has 2 heterocycles. The molecule has 9 nitrogen and oxygen atoms in total. The molecule has 52 heavy (non-hydrogen) atoms. The fourth-order valence-electron chi connectivity index (χ4n) is 6.73.